The number of thiophene rings is 1. The fourth-order valence-corrected chi connectivity index (χ4v) is 4.05. The van der Waals surface area contributed by atoms with Gasteiger partial charge in [-0.1, -0.05) is 0 Å². The van der Waals surface area contributed by atoms with Gasteiger partial charge >= 0.3 is 6.09 Å². The van der Waals surface area contributed by atoms with Crippen LogP contribution in [0.15, 0.2) is 36.1 Å². The Balaban J connectivity index is 1.74. The predicted octanol–water partition coefficient (Wildman–Crippen LogP) is 3.07. The first-order chi connectivity index (χ1) is 12.6. The standard InChI is InChI=1S/C17H17N5O3S/c23-16(11-3-1-7-21(9-11)17(24)25)22(13-4-2-8-26-13)12-5-6-18-15-14(12)19-10-20-15/h2,4-6,8,10-11H,1,3,7,9H2,(H,24,25)(H,18,19,20). The van der Waals surface area contributed by atoms with Crippen molar-refractivity contribution in [1.82, 2.24) is 19.9 Å². The summed E-state index contributed by atoms with van der Waals surface area (Å²) in [5.74, 6) is -0.492. The summed E-state index contributed by atoms with van der Waals surface area (Å²) in [7, 11) is 0. The number of pyridine rings is 1. The molecule has 8 nitrogen and oxygen atoms in total. The number of aromatic nitrogens is 3. The number of nitrogens with one attached hydrogen (secondary N) is 1. The number of imidazole rings is 1. The van der Waals surface area contributed by atoms with E-state index in [2.05, 4.69) is 15.0 Å². The summed E-state index contributed by atoms with van der Waals surface area (Å²) in [5.41, 5.74) is 1.89. The monoisotopic (exact) mass is 371 g/mol. The summed E-state index contributed by atoms with van der Waals surface area (Å²) < 4.78 is 0. The van der Waals surface area contributed by atoms with Crippen LogP contribution in [0.2, 0.25) is 0 Å². The molecule has 0 spiro atoms. The van der Waals surface area contributed by atoms with E-state index >= 15 is 0 Å². The molecule has 9 heteroatoms. The van der Waals surface area contributed by atoms with Crippen molar-refractivity contribution in [2.24, 2.45) is 5.92 Å². The molecule has 1 aliphatic rings. The largest absolute Gasteiger partial charge is 0.465 e. The highest BCUT2D eigenvalue weighted by Crippen LogP contribution is 2.35. The number of carboxylic acid groups (broad SMARTS) is 1. The summed E-state index contributed by atoms with van der Waals surface area (Å²) in [5, 5.41) is 12.0. The van der Waals surface area contributed by atoms with Gasteiger partial charge < -0.3 is 15.0 Å². The molecule has 1 aliphatic heterocycles. The van der Waals surface area contributed by atoms with Gasteiger partial charge in [0, 0.05) is 19.3 Å². The van der Waals surface area contributed by atoms with Crippen LogP contribution in [-0.2, 0) is 4.79 Å². The second-order valence-corrected chi connectivity index (χ2v) is 7.05. The van der Waals surface area contributed by atoms with E-state index in [4.69, 9.17) is 0 Å². The van der Waals surface area contributed by atoms with Crippen LogP contribution in [0.25, 0.3) is 11.2 Å². The smallest absolute Gasteiger partial charge is 0.407 e. The van der Waals surface area contributed by atoms with Crippen LogP contribution in [0.3, 0.4) is 0 Å². The number of hydrogen-bond acceptors (Lipinski definition) is 5. The van der Waals surface area contributed by atoms with Crippen LogP contribution in [0.4, 0.5) is 15.5 Å². The fraction of sp³-hybridized carbons (Fsp3) is 0.294. The third kappa shape index (κ3) is 2.90. The third-order valence-corrected chi connectivity index (χ3v) is 5.39. The van der Waals surface area contributed by atoms with Gasteiger partial charge in [-0.05, 0) is 36.4 Å². The number of carbonyl (C=O) groups is 2. The molecule has 0 aliphatic carbocycles. The number of H-pyrrole nitrogens is 1. The highest BCUT2D eigenvalue weighted by molar-refractivity contribution is 7.14. The van der Waals surface area contributed by atoms with Gasteiger partial charge in [0.05, 0.1) is 17.9 Å². The van der Waals surface area contributed by atoms with E-state index in [0.717, 1.165) is 5.00 Å². The second kappa shape index (κ2) is 6.75. The Morgan fingerprint density at radius 2 is 2.23 bits per heavy atom. The van der Waals surface area contributed by atoms with E-state index in [9.17, 15) is 14.7 Å². The van der Waals surface area contributed by atoms with Crippen LogP contribution >= 0.6 is 11.3 Å². The van der Waals surface area contributed by atoms with Crippen molar-refractivity contribution in [3.63, 3.8) is 0 Å². The fourth-order valence-electron chi connectivity index (χ4n) is 3.30. The molecule has 4 rings (SSSR count). The number of fused-ring (bicyclic) bond motifs is 1. The van der Waals surface area contributed by atoms with Gasteiger partial charge in [-0.25, -0.2) is 14.8 Å². The molecule has 1 unspecified atom stereocenters. The maximum Gasteiger partial charge on any atom is 0.407 e. The highest BCUT2D eigenvalue weighted by Gasteiger charge is 2.33. The molecular weight excluding hydrogens is 354 g/mol. The SMILES string of the molecule is O=C(O)N1CCCC(C(=O)N(c2cccs2)c2ccnc3nc[nH]c23)C1. The number of amides is 2. The molecule has 26 heavy (non-hydrogen) atoms. The molecule has 1 atom stereocenters. The second-order valence-electron chi connectivity index (χ2n) is 6.12. The van der Waals surface area contributed by atoms with E-state index in [1.807, 2.05) is 17.5 Å². The van der Waals surface area contributed by atoms with E-state index in [1.165, 1.54) is 16.2 Å². The van der Waals surface area contributed by atoms with E-state index in [0.29, 0.717) is 36.2 Å². The molecule has 2 amide bonds. The molecule has 2 N–H and O–H groups in total. The molecule has 0 radical (unpaired) electrons. The van der Waals surface area contributed by atoms with Gasteiger partial charge in [0.15, 0.2) is 5.65 Å². The van der Waals surface area contributed by atoms with Gasteiger partial charge in [-0.2, -0.15) is 0 Å². The van der Waals surface area contributed by atoms with Crippen molar-refractivity contribution in [1.29, 1.82) is 0 Å². The number of likely N-dealkylation sites (tertiary alicyclic amines) is 1. The van der Waals surface area contributed by atoms with E-state index < -0.39 is 6.09 Å². The lowest BCUT2D eigenvalue weighted by atomic mass is 9.96. The summed E-state index contributed by atoms with van der Waals surface area (Å²) in [6.45, 7) is 0.686. The lowest BCUT2D eigenvalue weighted by Crippen LogP contribution is -2.45. The van der Waals surface area contributed by atoms with Gasteiger partial charge in [0.25, 0.3) is 0 Å². The minimum Gasteiger partial charge on any atom is -0.465 e. The first-order valence-corrected chi connectivity index (χ1v) is 9.16. The summed E-state index contributed by atoms with van der Waals surface area (Å²) in [6, 6.07) is 5.54. The van der Waals surface area contributed by atoms with Gasteiger partial charge in [0.2, 0.25) is 5.91 Å². The van der Waals surface area contributed by atoms with Crippen LogP contribution < -0.4 is 4.90 Å². The van der Waals surface area contributed by atoms with Crippen LogP contribution in [-0.4, -0.2) is 50.0 Å². The summed E-state index contributed by atoms with van der Waals surface area (Å²) in [6.07, 6.45) is 3.53. The van der Waals surface area contributed by atoms with Crippen molar-refractivity contribution < 1.29 is 14.7 Å². The molecule has 4 heterocycles. The molecule has 1 fully saturated rings. The quantitative estimate of drug-likeness (QED) is 0.736. The average molecular weight is 371 g/mol. The number of nitrogens with zero attached hydrogens (tertiary/aromatic N) is 4. The highest BCUT2D eigenvalue weighted by atomic mass is 32.1. The number of carbonyl (C=O) groups excluding carboxylic acids is 1. The molecule has 0 aromatic carbocycles. The Morgan fingerprint density at radius 1 is 1.35 bits per heavy atom. The zero-order valence-electron chi connectivity index (χ0n) is 13.8. The Morgan fingerprint density at radius 3 is 3.00 bits per heavy atom. The Kier molecular flexibility index (Phi) is 4.29. The molecule has 3 aromatic heterocycles. The van der Waals surface area contributed by atoms with Crippen LogP contribution in [0.1, 0.15) is 12.8 Å². The molecule has 3 aromatic rings. The maximum atomic E-state index is 13.4. The first-order valence-electron chi connectivity index (χ1n) is 8.28. The maximum absolute atomic E-state index is 13.4. The van der Waals surface area contributed by atoms with Crippen molar-refractivity contribution in [3.8, 4) is 0 Å². The van der Waals surface area contributed by atoms with Crippen molar-refractivity contribution in [2.45, 2.75) is 12.8 Å². The van der Waals surface area contributed by atoms with Gasteiger partial charge in [0.1, 0.15) is 10.5 Å². The van der Waals surface area contributed by atoms with Crippen molar-refractivity contribution in [2.75, 3.05) is 18.0 Å². The van der Waals surface area contributed by atoms with Crippen LogP contribution in [0.5, 0.6) is 0 Å². The normalized spacial score (nSPS) is 17.4. The lowest BCUT2D eigenvalue weighted by molar-refractivity contribution is -0.122. The number of hydrogen-bond donors (Lipinski definition) is 2. The lowest BCUT2D eigenvalue weighted by Gasteiger charge is -2.33. The van der Waals surface area contributed by atoms with Gasteiger partial charge in [-0.3, -0.25) is 9.69 Å². The zero-order valence-corrected chi connectivity index (χ0v) is 14.6. The van der Waals surface area contributed by atoms with Crippen molar-refractivity contribution >= 4 is 45.2 Å². The Hall–Kier alpha value is -2.94. The summed E-state index contributed by atoms with van der Waals surface area (Å²) in [4.78, 5) is 39.1. The molecule has 134 valence electrons. The van der Waals surface area contributed by atoms with E-state index in [-0.39, 0.29) is 18.4 Å². The van der Waals surface area contributed by atoms with Crippen LogP contribution in [0, 0.1) is 5.92 Å². The molecule has 0 saturated carbocycles. The third-order valence-electron chi connectivity index (χ3n) is 4.53. The Labute approximate surface area is 153 Å². The topological polar surface area (TPSA) is 102 Å². The van der Waals surface area contributed by atoms with Crippen molar-refractivity contribution in [3.05, 3.63) is 36.1 Å². The minimum atomic E-state index is -0.981. The average Bonchev–Trinajstić information content (AvgIpc) is 3.34. The van der Waals surface area contributed by atoms with E-state index in [1.54, 1.807) is 23.5 Å². The van der Waals surface area contributed by atoms with Gasteiger partial charge in [-0.15, -0.1) is 11.3 Å². The molecule has 1 saturated heterocycles. The number of aromatic amines is 1. The predicted molar refractivity (Wildman–Crippen MR) is 97.7 cm³/mol. The first kappa shape index (κ1) is 16.5. The minimum absolute atomic E-state index is 0.111. The molecule has 0 bridgehead atoms. The number of anilines is 2. The number of piperidine rings is 1. The molecular formula is C17H17N5O3S. The Bertz CT molecular complexity index is 939. The zero-order chi connectivity index (χ0) is 18.1. The summed E-state index contributed by atoms with van der Waals surface area (Å²) >= 11 is 1.46. The number of rotatable bonds is 3.